The van der Waals surface area contributed by atoms with Crippen LogP contribution in [0.2, 0.25) is 0 Å². The van der Waals surface area contributed by atoms with E-state index in [9.17, 15) is 5.11 Å². The van der Waals surface area contributed by atoms with Gasteiger partial charge in [-0.15, -0.1) is 0 Å². The molecule has 0 saturated carbocycles. The van der Waals surface area contributed by atoms with E-state index in [1.165, 1.54) is 24.2 Å². The first kappa shape index (κ1) is 15.0. The van der Waals surface area contributed by atoms with Crippen molar-refractivity contribution in [2.75, 3.05) is 39.8 Å². The zero-order valence-electron chi connectivity index (χ0n) is 13.8. The summed E-state index contributed by atoms with van der Waals surface area (Å²) in [5, 5.41) is 10.6. The van der Waals surface area contributed by atoms with Crippen LogP contribution in [0.1, 0.15) is 29.7 Å². The topological polar surface area (TPSA) is 26.7 Å². The van der Waals surface area contributed by atoms with Gasteiger partial charge in [0.1, 0.15) is 0 Å². The average Bonchev–Trinajstić information content (AvgIpc) is 2.77. The molecule has 3 rings (SSSR count). The van der Waals surface area contributed by atoms with Gasteiger partial charge in [-0.1, -0.05) is 36.2 Å². The molecule has 116 valence electrons. The Hall–Kier alpha value is -0.900. The van der Waals surface area contributed by atoms with Crippen LogP contribution in [-0.4, -0.2) is 54.7 Å². The zero-order valence-corrected chi connectivity index (χ0v) is 13.8. The molecule has 1 N–H and O–H groups in total. The molecule has 3 nitrogen and oxygen atoms in total. The quantitative estimate of drug-likeness (QED) is 0.924. The lowest BCUT2D eigenvalue weighted by atomic mass is 9.83. The van der Waals surface area contributed by atoms with Crippen LogP contribution in [0.25, 0.3) is 0 Å². The molecule has 2 fully saturated rings. The Balaban J connectivity index is 1.65. The summed E-state index contributed by atoms with van der Waals surface area (Å²) in [5.74, 6) is 0.758. The Bertz CT molecular complexity index is 510. The highest BCUT2D eigenvalue weighted by Gasteiger charge is 2.48. The zero-order chi connectivity index (χ0) is 15.2. The molecule has 0 amide bonds. The number of aliphatic hydroxyl groups is 1. The van der Waals surface area contributed by atoms with Crippen molar-refractivity contribution in [2.24, 2.45) is 11.3 Å². The van der Waals surface area contributed by atoms with Crippen molar-refractivity contribution in [3.8, 4) is 0 Å². The minimum Gasteiger partial charge on any atom is -0.387 e. The Morgan fingerprint density at radius 3 is 2.48 bits per heavy atom. The van der Waals surface area contributed by atoms with Crippen molar-refractivity contribution < 1.29 is 5.11 Å². The van der Waals surface area contributed by atoms with Crippen molar-refractivity contribution in [1.29, 1.82) is 0 Å². The highest BCUT2D eigenvalue weighted by atomic mass is 16.3. The van der Waals surface area contributed by atoms with Gasteiger partial charge in [-0.25, -0.2) is 0 Å². The second kappa shape index (κ2) is 5.38. The molecule has 0 bridgehead atoms. The van der Waals surface area contributed by atoms with Gasteiger partial charge in [-0.05, 0) is 37.8 Å². The van der Waals surface area contributed by atoms with Gasteiger partial charge in [0.15, 0.2) is 0 Å². The smallest absolute Gasteiger partial charge is 0.0917 e. The Labute approximate surface area is 128 Å². The number of fused-ring (bicyclic) bond motifs is 1. The second-order valence-electron chi connectivity index (χ2n) is 7.68. The molecule has 0 aliphatic carbocycles. The summed E-state index contributed by atoms with van der Waals surface area (Å²) in [6, 6.07) is 6.39. The van der Waals surface area contributed by atoms with E-state index in [4.69, 9.17) is 0 Å². The molecule has 3 atom stereocenters. The minimum absolute atomic E-state index is 0.372. The molecule has 21 heavy (non-hydrogen) atoms. The molecule has 1 aromatic rings. The van der Waals surface area contributed by atoms with Crippen molar-refractivity contribution in [3.05, 3.63) is 34.9 Å². The SMILES string of the molecule is Cc1cc(C)cc(C(O)CN2C[C@H]3CN(C)C[C@@]3(C)C2)c1. The van der Waals surface area contributed by atoms with Gasteiger partial charge in [-0.3, -0.25) is 4.90 Å². The summed E-state index contributed by atoms with van der Waals surface area (Å²) in [7, 11) is 2.22. The Morgan fingerprint density at radius 2 is 1.86 bits per heavy atom. The molecule has 1 aromatic carbocycles. The molecular formula is C18H28N2O. The highest BCUT2D eigenvalue weighted by Crippen LogP contribution is 2.41. The van der Waals surface area contributed by atoms with Gasteiger partial charge in [0, 0.05) is 32.7 Å². The molecule has 2 heterocycles. The fourth-order valence-corrected chi connectivity index (χ4v) is 4.44. The molecule has 2 saturated heterocycles. The Kier molecular flexibility index (Phi) is 3.85. The van der Waals surface area contributed by atoms with E-state index in [0.29, 0.717) is 5.41 Å². The molecule has 0 spiro atoms. The minimum atomic E-state index is -0.372. The normalized spacial score (nSPS) is 31.6. The highest BCUT2D eigenvalue weighted by molar-refractivity contribution is 5.30. The van der Waals surface area contributed by atoms with Gasteiger partial charge in [0.05, 0.1) is 6.10 Å². The number of benzene rings is 1. The summed E-state index contributed by atoms with van der Waals surface area (Å²) < 4.78 is 0. The number of hydrogen-bond acceptors (Lipinski definition) is 3. The lowest BCUT2D eigenvalue weighted by Gasteiger charge is -2.25. The van der Waals surface area contributed by atoms with Crippen LogP contribution < -0.4 is 0 Å². The third-order valence-electron chi connectivity index (χ3n) is 5.27. The maximum atomic E-state index is 10.6. The van der Waals surface area contributed by atoms with Crippen LogP contribution >= 0.6 is 0 Å². The number of rotatable bonds is 3. The molecule has 1 unspecified atom stereocenters. The maximum Gasteiger partial charge on any atom is 0.0917 e. The van der Waals surface area contributed by atoms with E-state index >= 15 is 0 Å². The van der Waals surface area contributed by atoms with Crippen molar-refractivity contribution in [3.63, 3.8) is 0 Å². The van der Waals surface area contributed by atoms with Gasteiger partial charge < -0.3 is 10.0 Å². The summed E-state index contributed by atoms with van der Waals surface area (Å²) in [5.41, 5.74) is 3.94. The lowest BCUT2D eigenvalue weighted by molar-refractivity contribution is 0.115. The first-order valence-corrected chi connectivity index (χ1v) is 8.03. The summed E-state index contributed by atoms with van der Waals surface area (Å²) in [4.78, 5) is 4.91. The van der Waals surface area contributed by atoms with Crippen LogP contribution in [0, 0.1) is 25.2 Å². The Morgan fingerprint density at radius 1 is 1.19 bits per heavy atom. The monoisotopic (exact) mass is 288 g/mol. The lowest BCUT2D eigenvalue weighted by Crippen LogP contribution is -2.33. The summed E-state index contributed by atoms with van der Waals surface area (Å²) in [6.45, 7) is 12.0. The first-order valence-electron chi connectivity index (χ1n) is 8.03. The number of nitrogens with zero attached hydrogens (tertiary/aromatic N) is 2. The largest absolute Gasteiger partial charge is 0.387 e. The van der Waals surface area contributed by atoms with Gasteiger partial charge >= 0.3 is 0 Å². The molecule has 2 aliphatic heterocycles. The summed E-state index contributed by atoms with van der Waals surface area (Å²) in [6.07, 6.45) is -0.372. The fourth-order valence-electron chi connectivity index (χ4n) is 4.44. The number of aliphatic hydroxyl groups excluding tert-OH is 1. The fraction of sp³-hybridized carbons (Fsp3) is 0.667. The second-order valence-corrected chi connectivity index (χ2v) is 7.68. The third kappa shape index (κ3) is 3.01. The van der Waals surface area contributed by atoms with Gasteiger partial charge in [0.2, 0.25) is 0 Å². The van der Waals surface area contributed by atoms with E-state index in [1.807, 2.05) is 0 Å². The molecule has 3 heteroatoms. The van der Waals surface area contributed by atoms with Crippen LogP contribution in [0.5, 0.6) is 0 Å². The van der Waals surface area contributed by atoms with Gasteiger partial charge in [0.25, 0.3) is 0 Å². The molecule has 2 aliphatic rings. The predicted molar refractivity (Wildman–Crippen MR) is 86.4 cm³/mol. The number of likely N-dealkylation sites (tertiary alicyclic amines) is 2. The number of hydrogen-bond donors (Lipinski definition) is 1. The molecule has 0 radical (unpaired) electrons. The van der Waals surface area contributed by atoms with Crippen molar-refractivity contribution >= 4 is 0 Å². The van der Waals surface area contributed by atoms with Crippen LogP contribution in [0.4, 0.5) is 0 Å². The van der Waals surface area contributed by atoms with Crippen molar-refractivity contribution in [2.45, 2.75) is 26.9 Å². The predicted octanol–water partition coefficient (Wildman–Crippen LogP) is 2.22. The van der Waals surface area contributed by atoms with E-state index in [-0.39, 0.29) is 6.10 Å². The van der Waals surface area contributed by atoms with Crippen molar-refractivity contribution in [1.82, 2.24) is 9.80 Å². The van der Waals surface area contributed by atoms with E-state index in [0.717, 1.165) is 31.1 Å². The maximum absolute atomic E-state index is 10.6. The third-order valence-corrected chi connectivity index (χ3v) is 5.27. The molecular weight excluding hydrogens is 260 g/mol. The van der Waals surface area contributed by atoms with Crippen LogP contribution in [0.3, 0.4) is 0 Å². The number of aryl methyl sites for hydroxylation is 2. The van der Waals surface area contributed by atoms with Crippen LogP contribution in [-0.2, 0) is 0 Å². The number of β-amino-alcohol motifs (C(OH)–C–C–N with tert-alkyl or cyclic N) is 1. The molecule has 0 aromatic heterocycles. The standard InChI is InChI=1S/C18H28N2O/c1-13-5-14(2)7-15(6-13)17(21)10-20-9-16-8-19(4)11-18(16,3)12-20/h5-7,16-17,21H,8-12H2,1-4H3/t16-,17?,18+/m1/s1. The van der Waals surface area contributed by atoms with E-state index in [1.54, 1.807) is 0 Å². The first-order chi connectivity index (χ1) is 9.85. The van der Waals surface area contributed by atoms with E-state index < -0.39 is 0 Å². The van der Waals surface area contributed by atoms with E-state index in [2.05, 4.69) is 55.8 Å². The van der Waals surface area contributed by atoms with Gasteiger partial charge in [-0.2, -0.15) is 0 Å². The van der Waals surface area contributed by atoms with Crippen LogP contribution in [0.15, 0.2) is 18.2 Å². The average molecular weight is 288 g/mol. The summed E-state index contributed by atoms with van der Waals surface area (Å²) >= 11 is 0.